The third kappa shape index (κ3) is 6.49. The summed E-state index contributed by atoms with van der Waals surface area (Å²) < 4.78 is 57.2. The van der Waals surface area contributed by atoms with Gasteiger partial charge in [0, 0.05) is 5.69 Å². The number of alkyl halides is 4. The summed E-state index contributed by atoms with van der Waals surface area (Å²) in [4.78, 5) is 23.9. The molecule has 2 aromatic rings. The van der Waals surface area contributed by atoms with Crippen LogP contribution in [0.2, 0.25) is 0 Å². The van der Waals surface area contributed by atoms with Crippen molar-refractivity contribution < 1.29 is 36.6 Å². The molecule has 6 nitrogen and oxygen atoms in total. The first-order valence-electron chi connectivity index (χ1n) is 7.52. The molecule has 0 saturated carbocycles. The fourth-order valence-corrected chi connectivity index (χ4v) is 2.03. The van der Waals surface area contributed by atoms with Gasteiger partial charge in [0.1, 0.15) is 11.5 Å². The summed E-state index contributed by atoms with van der Waals surface area (Å²) >= 11 is 0. The molecule has 0 aliphatic carbocycles. The second-order valence-corrected chi connectivity index (χ2v) is 5.01. The van der Waals surface area contributed by atoms with Crippen LogP contribution in [-0.4, -0.2) is 31.6 Å². The zero-order valence-electron chi connectivity index (χ0n) is 13.6. The highest BCUT2D eigenvalue weighted by Crippen LogP contribution is 2.20. The van der Waals surface area contributed by atoms with Crippen LogP contribution in [-0.2, 0) is 4.79 Å². The average molecular weight is 386 g/mol. The van der Waals surface area contributed by atoms with Gasteiger partial charge in [-0.25, -0.2) is 0 Å². The van der Waals surface area contributed by atoms with Crippen LogP contribution >= 0.6 is 0 Å². The number of amides is 2. The van der Waals surface area contributed by atoms with Crippen LogP contribution in [0.15, 0.2) is 48.5 Å². The summed E-state index contributed by atoms with van der Waals surface area (Å²) in [6, 6.07) is 10.5. The van der Waals surface area contributed by atoms with Gasteiger partial charge >= 0.3 is 13.2 Å². The first-order chi connectivity index (χ1) is 12.8. The van der Waals surface area contributed by atoms with E-state index in [-0.39, 0.29) is 22.7 Å². The van der Waals surface area contributed by atoms with Crippen LogP contribution < -0.4 is 20.1 Å². The Morgan fingerprint density at radius 2 is 1.52 bits per heavy atom. The van der Waals surface area contributed by atoms with Crippen LogP contribution in [0.3, 0.4) is 0 Å². The quantitative estimate of drug-likeness (QED) is 0.683. The number of carbonyl (C=O) groups is 2. The molecule has 0 spiro atoms. The second-order valence-electron chi connectivity index (χ2n) is 5.01. The third-order valence-electron chi connectivity index (χ3n) is 3.12. The van der Waals surface area contributed by atoms with E-state index in [4.69, 9.17) is 0 Å². The Morgan fingerprint density at radius 3 is 2.15 bits per heavy atom. The Bertz CT molecular complexity index is 785. The lowest BCUT2D eigenvalue weighted by Gasteiger charge is -2.11. The summed E-state index contributed by atoms with van der Waals surface area (Å²) in [6.07, 6.45) is 0. The van der Waals surface area contributed by atoms with E-state index in [0.717, 1.165) is 0 Å². The largest absolute Gasteiger partial charge is 0.435 e. The molecule has 0 fully saturated rings. The van der Waals surface area contributed by atoms with Gasteiger partial charge in [-0.05, 0) is 36.4 Å². The second kappa shape index (κ2) is 9.41. The highest BCUT2D eigenvalue weighted by atomic mass is 19.3. The molecule has 0 heterocycles. The van der Waals surface area contributed by atoms with Crippen molar-refractivity contribution in [2.45, 2.75) is 13.2 Å². The topological polar surface area (TPSA) is 76.7 Å². The van der Waals surface area contributed by atoms with Crippen LogP contribution in [0, 0.1) is 0 Å². The lowest BCUT2D eigenvalue weighted by Crippen LogP contribution is -2.33. The van der Waals surface area contributed by atoms with E-state index in [2.05, 4.69) is 20.1 Å². The molecular weight excluding hydrogens is 372 g/mol. The van der Waals surface area contributed by atoms with Gasteiger partial charge in [-0.3, -0.25) is 9.59 Å². The fraction of sp³-hybridized carbons (Fsp3) is 0.176. The van der Waals surface area contributed by atoms with Crippen molar-refractivity contribution in [2.75, 3.05) is 11.9 Å². The summed E-state index contributed by atoms with van der Waals surface area (Å²) in [5.74, 6) is -1.79. The normalized spacial score (nSPS) is 10.6. The average Bonchev–Trinajstić information content (AvgIpc) is 2.61. The summed E-state index contributed by atoms with van der Waals surface area (Å²) in [6.45, 7) is -6.51. The van der Waals surface area contributed by atoms with Gasteiger partial charge in [-0.15, -0.1) is 0 Å². The van der Waals surface area contributed by atoms with Crippen LogP contribution in [0.4, 0.5) is 23.2 Å². The minimum Gasteiger partial charge on any atom is -0.435 e. The number of hydrogen-bond acceptors (Lipinski definition) is 4. The first-order valence-corrected chi connectivity index (χ1v) is 7.52. The molecule has 0 saturated heterocycles. The number of rotatable bonds is 8. The molecule has 2 rings (SSSR count). The molecular formula is C17H14F4N2O4. The fourth-order valence-electron chi connectivity index (χ4n) is 2.03. The molecule has 0 atom stereocenters. The summed E-state index contributed by atoms with van der Waals surface area (Å²) in [7, 11) is 0. The maximum absolute atomic E-state index is 12.3. The monoisotopic (exact) mass is 386 g/mol. The van der Waals surface area contributed by atoms with Gasteiger partial charge in [0.15, 0.2) is 0 Å². The Balaban J connectivity index is 1.89. The van der Waals surface area contributed by atoms with E-state index in [1.165, 1.54) is 48.5 Å². The zero-order valence-corrected chi connectivity index (χ0v) is 13.6. The molecule has 0 aliphatic rings. The van der Waals surface area contributed by atoms with Crippen LogP contribution in [0.5, 0.6) is 11.5 Å². The molecule has 0 unspecified atom stereocenters. The number of halogens is 4. The van der Waals surface area contributed by atoms with Crippen LogP contribution in [0.1, 0.15) is 10.4 Å². The molecule has 10 heteroatoms. The van der Waals surface area contributed by atoms with E-state index in [0.29, 0.717) is 0 Å². The first kappa shape index (κ1) is 20.0. The van der Waals surface area contributed by atoms with E-state index in [1.807, 2.05) is 0 Å². The third-order valence-corrected chi connectivity index (χ3v) is 3.12. The van der Waals surface area contributed by atoms with Gasteiger partial charge in [-0.1, -0.05) is 12.1 Å². The molecule has 27 heavy (non-hydrogen) atoms. The number of benzene rings is 2. The van der Waals surface area contributed by atoms with Crippen molar-refractivity contribution >= 4 is 17.5 Å². The van der Waals surface area contributed by atoms with Gasteiger partial charge in [0.2, 0.25) is 5.91 Å². The minimum absolute atomic E-state index is 0.0769. The van der Waals surface area contributed by atoms with Crippen molar-refractivity contribution in [2.24, 2.45) is 0 Å². The summed E-state index contributed by atoms with van der Waals surface area (Å²) in [5.41, 5.74) is 0.136. The smallest absolute Gasteiger partial charge is 0.387 e. The van der Waals surface area contributed by atoms with E-state index in [1.54, 1.807) is 0 Å². The Morgan fingerprint density at radius 1 is 0.889 bits per heavy atom. The van der Waals surface area contributed by atoms with Crippen molar-refractivity contribution in [3.05, 3.63) is 54.1 Å². The predicted molar refractivity (Wildman–Crippen MR) is 87.1 cm³/mol. The van der Waals surface area contributed by atoms with Crippen molar-refractivity contribution in [3.8, 4) is 11.5 Å². The molecule has 2 amide bonds. The number of carbonyl (C=O) groups excluding carboxylic acids is 2. The lowest BCUT2D eigenvalue weighted by molar-refractivity contribution is -0.115. The van der Waals surface area contributed by atoms with Gasteiger partial charge in [0.25, 0.3) is 5.91 Å². The Hall–Kier alpha value is -3.30. The molecule has 2 N–H and O–H groups in total. The standard InChI is InChI=1S/C17H14F4N2O4/c18-16(19)26-11-7-5-10(6-8-11)23-14(24)9-22-15(25)12-3-1-2-4-13(12)27-17(20)21/h1-8,16-17H,9H2,(H,22,25)(H,23,24). The van der Waals surface area contributed by atoms with Crippen molar-refractivity contribution in [1.29, 1.82) is 0 Å². The van der Waals surface area contributed by atoms with Crippen molar-refractivity contribution in [3.63, 3.8) is 0 Å². The predicted octanol–water partition coefficient (Wildman–Crippen LogP) is 3.26. The van der Waals surface area contributed by atoms with E-state index < -0.39 is 31.6 Å². The molecule has 2 aromatic carbocycles. The van der Waals surface area contributed by atoms with Crippen molar-refractivity contribution in [1.82, 2.24) is 5.32 Å². The summed E-state index contributed by atoms with van der Waals surface area (Å²) in [5, 5.41) is 4.70. The highest BCUT2D eigenvalue weighted by Gasteiger charge is 2.16. The Kier molecular flexibility index (Phi) is 6.98. The number of nitrogens with one attached hydrogen (secondary N) is 2. The van der Waals surface area contributed by atoms with E-state index >= 15 is 0 Å². The van der Waals surface area contributed by atoms with E-state index in [9.17, 15) is 27.2 Å². The molecule has 0 aliphatic heterocycles. The molecule has 0 radical (unpaired) electrons. The number of hydrogen-bond donors (Lipinski definition) is 2. The molecule has 144 valence electrons. The zero-order chi connectivity index (χ0) is 19.8. The maximum Gasteiger partial charge on any atom is 0.387 e. The molecule has 0 bridgehead atoms. The SMILES string of the molecule is O=C(CNC(=O)c1ccccc1OC(F)F)Nc1ccc(OC(F)F)cc1. The number of ether oxygens (including phenoxy) is 2. The number of para-hydroxylation sites is 1. The number of anilines is 1. The highest BCUT2D eigenvalue weighted by molar-refractivity contribution is 6.00. The van der Waals surface area contributed by atoms with Crippen LogP contribution in [0.25, 0.3) is 0 Å². The lowest BCUT2D eigenvalue weighted by atomic mass is 10.2. The maximum atomic E-state index is 12.3. The minimum atomic E-state index is -3.10. The van der Waals surface area contributed by atoms with Gasteiger partial charge in [0.05, 0.1) is 12.1 Å². The molecule has 0 aromatic heterocycles. The van der Waals surface area contributed by atoms with Gasteiger partial charge < -0.3 is 20.1 Å². The Labute approximate surface area is 151 Å². The van der Waals surface area contributed by atoms with Gasteiger partial charge in [-0.2, -0.15) is 17.6 Å².